The molecule has 2 N–H and O–H groups in total. The molecule has 0 spiro atoms. The minimum absolute atomic E-state index is 0.764. The summed E-state index contributed by atoms with van der Waals surface area (Å²) in [6, 6.07) is 8.24. The Morgan fingerprint density at radius 3 is 2.88 bits per heavy atom. The van der Waals surface area contributed by atoms with E-state index in [0.717, 1.165) is 63.1 Å². The predicted molar refractivity (Wildman–Crippen MR) is 99.6 cm³/mol. The molecule has 0 aliphatic carbocycles. The Morgan fingerprint density at radius 1 is 1.25 bits per heavy atom. The van der Waals surface area contributed by atoms with Crippen molar-refractivity contribution in [1.82, 2.24) is 20.2 Å². The number of aliphatic imine (C=N–C) groups is 1. The number of fused-ring (bicyclic) bond motifs is 1. The number of rotatable bonds is 9. The minimum atomic E-state index is 0.764. The van der Waals surface area contributed by atoms with E-state index in [1.165, 1.54) is 5.52 Å². The van der Waals surface area contributed by atoms with E-state index in [0.29, 0.717) is 0 Å². The Labute approximate surface area is 144 Å². The molecule has 0 aliphatic heterocycles. The number of benzene rings is 1. The lowest BCUT2D eigenvalue weighted by atomic mass is 10.3. The molecule has 1 heterocycles. The minimum Gasteiger partial charge on any atom is -0.382 e. The normalized spacial score (nSPS) is 11.9. The smallest absolute Gasteiger partial charge is 0.191 e. The monoisotopic (exact) mass is 331 g/mol. The van der Waals surface area contributed by atoms with Crippen molar-refractivity contribution in [2.24, 2.45) is 4.99 Å². The predicted octanol–water partition coefficient (Wildman–Crippen LogP) is 2.33. The van der Waals surface area contributed by atoms with Crippen LogP contribution in [-0.2, 0) is 11.3 Å². The molecular weight excluding hydrogens is 302 g/mol. The fourth-order valence-electron chi connectivity index (χ4n) is 2.61. The first-order chi connectivity index (χ1) is 11.8. The molecule has 0 atom stereocenters. The van der Waals surface area contributed by atoms with Gasteiger partial charge in [0.05, 0.1) is 11.0 Å². The van der Waals surface area contributed by atoms with Crippen molar-refractivity contribution in [2.75, 3.05) is 32.8 Å². The van der Waals surface area contributed by atoms with E-state index in [9.17, 15) is 0 Å². The Bertz CT molecular complexity index is 650. The Balaban J connectivity index is 1.87. The van der Waals surface area contributed by atoms with Crippen molar-refractivity contribution in [3.63, 3.8) is 0 Å². The second-order valence-electron chi connectivity index (χ2n) is 5.54. The van der Waals surface area contributed by atoms with E-state index < -0.39 is 0 Å². The third-order valence-electron chi connectivity index (χ3n) is 3.74. The molecule has 24 heavy (non-hydrogen) atoms. The first kappa shape index (κ1) is 18.3. The summed E-state index contributed by atoms with van der Waals surface area (Å²) >= 11 is 0. The Morgan fingerprint density at radius 2 is 2.08 bits per heavy atom. The van der Waals surface area contributed by atoms with Crippen LogP contribution in [0.15, 0.2) is 29.3 Å². The van der Waals surface area contributed by atoms with Gasteiger partial charge in [-0.05, 0) is 39.3 Å². The summed E-state index contributed by atoms with van der Waals surface area (Å²) in [5.74, 6) is 1.90. The number of ether oxygens (including phenoxy) is 1. The zero-order valence-corrected chi connectivity index (χ0v) is 15.0. The third kappa shape index (κ3) is 5.23. The number of para-hydroxylation sites is 2. The van der Waals surface area contributed by atoms with Crippen LogP contribution in [0.4, 0.5) is 0 Å². The van der Waals surface area contributed by atoms with Crippen molar-refractivity contribution in [3.05, 3.63) is 30.1 Å². The molecule has 1 aromatic carbocycles. The zero-order chi connectivity index (χ0) is 17.2. The van der Waals surface area contributed by atoms with Gasteiger partial charge in [0.2, 0.25) is 0 Å². The maximum absolute atomic E-state index is 5.34. The molecule has 0 fully saturated rings. The average molecular weight is 331 g/mol. The molecule has 1 aromatic heterocycles. The van der Waals surface area contributed by atoms with E-state index in [4.69, 9.17) is 4.74 Å². The van der Waals surface area contributed by atoms with Crippen LogP contribution in [0.3, 0.4) is 0 Å². The number of aryl methyl sites for hydroxylation is 1. The van der Waals surface area contributed by atoms with E-state index in [1.54, 1.807) is 0 Å². The van der Waals surface area contributed by atoms with Gasteiger partial charge in [0.1, 0.15) is 5.82 Å². The summed E-state index contributed by atoms with van der Waals surface area (Å²) in [6.07, 6.45) is 0.940. The van der Waals surface area contributed by atoms with Crippen molar-refractivity contribution in [2.45, 2.75) is 33.7 Å². The summed E-state index contributed by atoms with van der Waals surface area (Å²) < 4.78 is 7.58. The van der Waals surface area contributed by atoms with E-state index >= 15 is 0 Å². The lowest BCUT2D eigenvalue weighted by Crippen LogP contribution is -2.39. The standard InChI is InChI=1S/C18H29N5O/c1-4-19-18(20-11-8-14-24-5-2)21-12-13-23-15(3)22-16-9-6-7-10-17(16)23/h6-7,9-10H,4-5,8,11-14H2,1-3H3,(H2,19,20,21). The van der Waals surface area contributed by atoms with Crippen molar-refractivity contribution in [1.29, 1.82) is 0 Å². The maximum atomic E-state index is 5.34. The number of nitrogens with zero attached hydrogens (tertiary/aromatic N) is 3. The molecule has 0 saturated carbocycles. The third-order valence-corrected chi connectivity index (χ3v) is 3.74. The first-order valence-corrected chi connectivity index (χ1v) is 8.78. The van der Waals surface area contributed by atoms with Gasteiger partial charge >= 0.3 is 0 Å². The molecule has 132 valence electrons. The summed E-state index contributed by atoms with van der Waals surface area (Å²) in [5, 5.41) is 6.67. The molecule has 0 amide bonds. The highest BCUT2D eigenvalue weighted by Crippen LogP contribution is 2.14. The van der Waals surface area contributed by atoms with Crippen LogP contribution in [0, 0.1) is 6.92 Å². The highest BCUT2D eigenvalue weighted by atomic mass is 16.5. The lowest BCUT2D eigenvalue weighted by Gasteiger charge is -2.13. The second kappa shape index (κ2) is 9.93. The molecule has 0 bridgehead atoms. The number of hydrogen-bond acceptors (Lipinski definition) is 3. The summed E-state index contributed by atoms with van der Waals surface area (Å²) in [7, 11) is 0. The highest BCUT2D eigenvalue weighted by Gasteiger charge is 2.06. The Kier molecular flexibility index (Phi) is 7.55. The van der Waals surface area contributed by atoms with Crippen LogP contribution in [0.25, 0.3) is 11.0 Å². The van der Waals surface area contributed by atoms with Gasteiger partial charge in [-0.1, -0.05) is 12.1 Å². The summed E-state index contributed by atoms with van der Waals surface area (Å²) in [4.78, 5) is 9.18. The van der Waals surface area contributed by atoms with Crippen LogP contribution in [0.2, 0.25) is 0 Å². The van der Waals surface area contributed by atoms with Crippen LogP contribution < -0.4 is 10.6 Å². The highest BCUT2D eigenvalue weighted by molar-refractivity contribution is 5.79. The molecule has 0 aliphatic rings. The number of hydrogen-bond donors (Lipinski definition) is 2. The van der Waals surface area contributed by atoms with Gasteiger partial charge < -0.3 is 19.9 Å². The van der Waals surface area contributed by atoms with Crippen LogP contribution >= 0.6 is 0 Å². The van der Waals surface area contributed by atoms with Crippen molar-refractivity contribution < 1.29 is 4.74 Å². The fourth-order valence-corrected chi connectivity index (χ4v) is 2.61. The van der Waals surface area contributed by atoms with Crippen LogP contribution in [0.5, 0.6) is 0 Å². The molecule has 0 saturated heterocycles. The van der Waals surface area contributed by atoms with Crippen LogP contribution in [-0.4, -0.2) is 48.4 Å². The molecule has 6 heteroatoms. The molecule has 2 rings (SSSR count). The SMILES string of the molecule is CCNC(=NCCCOCC)NCCn1c(C)nc2ccccc21. The summed E-state index contributed by atoms with van der Waals surface area (Å²) in [5.41, 5.74) is 2.22. The largest absolute Gasteiger partial charge is 0.382 e. The quantitative estimate of drug-likeness (QED) is 0.420. The lowest BCUT2D eigenvalue weighted by molar-refractivity contribution is 0.146. The summed E-state index contributed by atoms with van der Waals surface area (Å²) in [6.45, 7) is 10.9. The maximum Gasteiger partial charge on any atom is 0.191 e. The number of aromatic nitrogens is 2. The molecule has 0 unspecified atom stereocenters. The van der Waals surface area contributed by atoms with Gasteiger partial charge in [0, 0.05) is 39.4 Å². The van der Waals surface area contributed by atoms with Gasteiger partial charge in [-0.25, -0.2) is 4.98 Å². The number of guanidine groups is 1. The molecular formula is C18H29N5O. The molecule has 2 aromatic rings. The zero-order valence-electron chi connectivity index (χ0n) is 15.0. The Hall–Kier alpha value is -2.08. The first-order valence-electron chi connectivity index (χ1n) is 8.78. The topological polar surface area (TPSA) is 63.5 Å². The molecule has 0 radical (unpaired) electrons. The van der Waals surface area contributed by atoms with E-state index in [1.807, 2.05) is 19.9 Å². The molecule has 6 nitrogen and oxygen atoms in total. The second-order valence-corrected chi connectivity index (χ2v) is 5.54. The fraction of sp³-hybridized carbons (Fsp3) is 0.556. The van der Waals surface area contributed by atoms with Gasteiger partial charge in [0.15, 0.2) is 5.96 Å². The van der Waals surface area contributed by atoms with Gasteiger partial charge in [0.25, 0.3) is 0 Å². The number of nitrogens with one attached hydrogen (secondary N) is 2. The van der Waals surface area contributed by atoms with Crippen molar-refractivity contribution in [3.8, 4) is 0 Å². The van der Waals surface area contributed by atoms with Crippen molar-refractivity contribution >= 4 is 17.0 Å². The van der Waals surface area contributed by atoms with Crippen LogP contribution in [0.1, 0.15) is 26.1 Å². The van der Waals surface area contributed by atoms with E-state index in [-0.39, 0.29) is 0 Å². The average Bonchev–Trinajstić information content (AvgIpc) is 2.90. The van der Waals surface area contributed by atoms with Gasteiger partial charge in [-0.15, -0.1) is 0 Å². The van der Waals surface area contributed by atoms with E-state index in [2.05, 4.69) is 50.3 Å². The van der Waals surface area contributed by atoms with Gasteiger partial charge in [-0.3, -0.25) is 4.99 Å². The number of imidazole rings is 1. The van der Waals surface area contributed by atoms with Gasteiger partial charge in [-0.2, -0.15) is 0 Å².